The van der Waals surface area contributed by atoms with E-state index in [2.05, 4.69) is 105 Å². The lowest BCUT2D eigenvalue weighted by atomic mass is 9.99. The van der Waals surface area contributed by atoms with Gasteiger partial charge < -0.3 is 45.1 Å². The van der Waals surface area contributed by atoms with Crippen LogP contribution in [0.5, 0.6) is 0 Å². The topological polar surface area (TPSA) is 175 Å². The van der Waals surface area contributed by atoms with E-state index < -0.39 is 67.4 Å². The highest BCUT2D eigenvalue weighted by Gasteiger charge is 2.47. The van der Waals surface area contributed by atoms with Gasteiger partial charge in [0, 0.05) is 6.42 Å². The maximum absolute atomic E-state index is 13.4. The SMILES string of the molecule is CC/C=C/C=C/C=C/CCCCCCCCCC(=O)OC1C(OCC(NC(=O)C(O)CCCCCC/C=C\C/C=C\C/C=C\C/C=C\CCCCC)C(O)/C=C/CCCCCCCCCCC)OC(CO)C(O)C1O. The second kappa shape index (κ2) is 51.3. The highest BCUT2D eigenvalue weighted by Crippen LogP contribution is 2.26. The molecule has 0 aromatic carbocycles. The number of nitrogens with one attached hydrogen (secondary N) is 1. The smallest absolute Gasteiger partial charge is 0.306 e. The minimum atomic E-state index is -1.63. The molecular formula is C64H109NO10. The Bertz CT molecular complexity index is 1580. The predicted octanol–water partition coefficient (Wildman–Crippen LogP) is 13.9. The molecule has 0 aliphatic carbocycles. The van der Waals surface area contributed by atoms with Gasteiger partial charge in [-0.05, 0) is 89.9 Å². The van der Waals surface area contributed by atoms with Crippen LogP contribution in [-0.4, -0.2) is 99.6 Å². The van der Waals surface area contributed by atoms with Gasteiger partial charge in [-0.15, -0.1) is 0 Å². The predicted molar refractivity (Wildman–Crippen MR) is 310 cm³/mol. The molecule has 8 unspecified atom stereocenters. The van der Waals surface area contributed by atoms with Gasteiger partial charge in [-0.3, -0.25) is 9.59 Å². The number of hydrogen-bond donors (Lipinski definition) is 6. The van der Waals surface area contributed by atoms with Crippen molar-refractivity contribution >= 4 is 11.9 Å². The molecule has 1 aliphatic heterocycles. The Kier molecular flexibility index (Phi) is 47.6. The minimum Gasteiger partial charge on any atom is -0.454 e. The van der Waals surface area contributed by atoms with Gasteiger partial charge in [-0.2, -0.15) is 0 Å². The molecule has 0 radical (unpaired) electrons. The third-order valence-corrected chi connectivity index (χ3v) is 13.5. The average molecular weight is 1050 g/mol. The number of aliphatic hydroxyl groups is 5. The van der Waals surface area contributed by atoms with E-state index in [1.54, 1.807) is 6.08 Å². The van der Waals surface area contributed by atoms with E-state index in [0.717, 1.165) is 122 Å². The zero-order chi connectivity index (χ0) is 54.7. The number of unbranched alkanes of at least 4 members (excludes halogenated alkanes) is 23. The lowest BCUT2D eigenvalue weighted by Crippen LogP contribution is -2.61. The Morgan fingerprint density at radius 2 is 1.01 bits per heavy atom. The van der Waals surface area contributed by atoms with Crippen LogP contribution in [0.2, 0.25) is 0 Å². The molecule has 1 amide bonds. The van der Waals surface area contributed by atoms with E-state index in [-0.39, 0.29) is 19.4 Å². The second-order valence-electron chi connectivity index (χ2n) is 20.4. The molecule has 1 fully saturated rings. The molecule has 75 heavy (non-hydrogen) atoms. The maximum atomic E-state index is 13.4. The zero-order valence-corrected chi connectivity index (χ0v) is 47.4. The summed E-state index contributed by atoms with van der Waals surface area (Å²) in [6.45, 7) is 5.59. The first-order chi connectivity index (χ1) is 36.7. The van der Waals surface area contributed by atoms with Crippen LogP contribution in [0.1, 0.15) is 233 Å². The van der Waals surface area contributed by atoms with Crippen molar-refractivity contribution in [1.29, 1.82) is 0 Å². The molecule has 1 aliphatic rings. The molecule has 11 nitrogen and oxygen atoms in total. The number of hydrogen-bond acceptors (Lipinski definition) is 10. The highest BCUT2D eigenvalue weighted by atomic mass is 16.7. The first-order valence-electron chi connectivity index (χ1n) is 30.0. The number of ether oxygens (including phenoxy) is 3. The number of aliphatic hydroxyl groups excluding tert-OH is 5. The van der Waals surface area contributed by atoms with Crippen LogP contribution in [0.4, 0.5) is 0 Å². The molecule has 1 heterocycles. The third kappa shape index (κ3) is 39.6. The minimum absolute atomic E-state index is 0.103. The first kappa shape index (κ1) is 69.6. The Labute approximate surface area is 456 Å². The van der Waals surface area contributed by atoms with Gasteiger partial charge in [0.1, 0.15) is 24.4 Å². The van der Waals surface area contributed by atoms with Gasteiger partial charge in [0.2, 0.25) is 5.91 Å². The van der Waals surface area contributed by atoms with Crippen LogP contribution in [0.3, 0.4) is 0 Å². The molecule has 1 saturated heterocycles. The van der Waals surface area contributed by atoms with E-state index in [0.29, 0.717) is 12.8 Å². The Morgan fingerprint density at radius 1 is 0.547 bits per heavy atom. The van der Waals surface area contributed by atoms with Gasteiger partial charge in [0.15, 0.2) is 12.4 Å². The van der Waals surface area contributed by atoms with Gasteiger partial charge in [-0.1, -0.05) is 234 Å². The van der Waals surface area contributed by atoms with E-state index in [1.165, 1.54) is 64.2 Å². The fraction of sp³-hybridized carbons (Fsp3) is 0.719. The fourth-order valence-corrected chi connectivity index (χ4v) is 8.75. The molecular weight excluding hydrogens is 943 g/mol. The molecule has 8 atom stereocenters. The van der Waals surface area contributed by atoms with Crippen molar-refractivity contribution in [2.24, 2.45) is 0 Å². The molecule has 0 aromatic heterocycles. The zero-order valence-electron chi connectivity index (χ0n) is 47.4. The summed E-state index contributed by atoms with van der Waals surface area (Å²) < 4.78 is 17.6. The van der Waals surface area contributed by atoms with Crippen LogP contribution in [0, 0.1) is 0 Å². The summed E-state index contributed by atoms with van der Waals surface area (Å²) in [6, 6.07) is -1.04. The molecule has 0 bridgehead atoms. The van der Waals surface area contributed by atoms with Crippen molar-refractivity contribution < 1.29 is 49.3 Å². The van der Waals surface area contributed by atoms with Crippen LogP contribution in [0.15, 0.2) is 97.2 Å². The summed E-state index contributed by atoms with van der Waals surface area (Å²) in [5.74, 6) is -1.23. The lowest BCUT2D eigenvalue weighted by molar-refractivity contribution is -0.305. The normalized spacial score (nSPS) is 19.9. The quantitative estimate of drug-likeness (QED) is 0.0149. The number of amides is 1. The molecule has 0 spiro atoms. The standard InChI is InChI=1S/C64H109NO10/c1-4-7-10-13-16-19-22-24-26-27-28-29-30-32-33-36-39-42-45-48-51-57(68)63(72)65-55(56(67)50-47-44-41-38-35-21-18-15-12-9-6-3)54-73-64-62(61(71)60(70)58(53-66)74-64)75-59(69)52-49-46-43-40-37-34-31-25-23-20-17-14-11-8-5-2/h8,11,14,16-17,19-20,23-24,26,28-29,32-33,47,50,55-58,60-62,64,66-68,70-71H,4-7,9-10,12-13,15,18,21-22,25,27,30-31,34-46,48-49,51-54H2,1-3H3,(H,65,72)/b11-8+,17-14+,19-16-,23-20+,26-24-,29-28-,33-32-,50-47+. The van der Waals surface area contributed by atoms with Crippen molar-refractivity contribution in [2.75, 3.05) is 13.2 Å². The largest absolute Gasteiger partial charge is 0.454 e. The van der Waals surface area contributed by atoms with Gasteiger partial charge in [0.05, 0.1) is 25.4 Å². The number of esters is 1. The Morgan fingerprint density at radius 3 is 1.57 bits per heavy atom. The third-order valence-electron chi connectivity index (χ3n) is 13.5. The van der Waals surface area contributed by atoms with E-state index in [9.17, 15) is 35.1 Å². The summed E-state index contributed by atoms with van der Waals surface area (Å²) >= 11 is 0. The average Bonchev–Trinajstić information content (AvgIpc) is 3.41. The first-order valence-corrected chi connectivity index (χ1v) is 30.0. The lowest BCUT2D eigenvalue weighted by Gasteiger charge is -2.41. The summed E-state index contributed by atoms with van der Waals surface area (Å²) in [4.78, 5) is 26.5. The molecule has 0 aromatic rings. The summed E-state index contributed by atoms with van der Waals surface area (Å²) in [6.07, 6.45) is 57.3. The van der Waals surface area contributed by atoms with Crippen molar-refractivity contribution in [1.82, 2.24) is 5.32 Å². The van der Waals surface area contributed by atoms with Crippen molar-refractivity contribution in [3.63, 3.8) is 0 Å². The molecule has 430 valence electrons. The number of carbonyl (C=O) groups is 2. The van der Waals surface area contributed by atoms with Gasteiger partial charge in [0.25, 0.3) is 0 Å². The number of rotatable bonds is 49. The number of carbonyl (C=O) groups excluding carboxylic acids is 2. The van der Waals surface area contributed by atoms with Crippen molar-refractivity contribution in [3.8, 4) is 0 Å². The van der Waals surface area contributed by atoms with Crippen LogP contribution < -0.4 is 5.32 Å². The summed E-state index contributed by atoms with van der Waals surface area (Å²) in [5, 5.41) is 56.9. The van der Waals surface area contributed by atoms with Crippen molar-refractivity contribution in [3.05, 3.63) is 97.2 Å². The van der Waals surface area contributed by atoms with Crippen molar-refractivity contribution in [2.45, 2.75) is 282 Å². The Hall–Kier alpha value is -3.42. The summed E-state index contributed by atoms with van der Waals surface area (Å²) in [7, 11) is 0. The van der Waals surface area contributed by atoms with E-state index in [1.807, 2.05) is 12.2 Å². The fourth-order valence-electron chi connectivity index (χ4n) is 8.75. The van der Waals surface area contributed by atoms with Crippen LogP contribution in [-0.2, 0) is 23.8 Å². The van der Waals surface area contributed by atoms with E-state index in [4.69, 9.17) is 14.2 Å². The molecule has 1 rings (SSSR count). The molecule has 0 saturated carbocycles. The second-order valence-corrected chi connectivity index (χ2v) is 20.4. The van der Waals surface area contributed by atoms with Gasteiger partial charge >= 0.3 is 5.97 Å². The maximum Gasteiger partial charge on any atom is 0.306 e. The Balaban J connectivity index is 2.71. The van der Waals surface area contributed by atoms with Gasteiger partial charge in [-0.25, -0.2) is 0 Å². The summed E-state index contributed by atoms with van der Waals surface area (Å²) in [5.41, 5.74) is 0. The van der Waals surface area contributed by atoms with Crippen LogP contribution >= 0.6 is 0 Å². The number of allylic oxidation sites excluding steroid dienone is 15. The van der Waals surface area contributed by atoms with E-state index >= 15 is 0 Å². The highest BCUT2D eigenvalue weighted by molar-refractivity contribution is 5.80. The van der Waals surface area contributed by atoms with Crippen LogP contribution in [0.25, 0.3) is 0 Å². The molecule has 11 heteroatoms. The monoisotopic (exact) mass is 1050 g/mol. The molecule has 6 N–H and O–H groups in total.